The summed E-state index contributed by atoms with van der Waals surface area (Å²) in [5.74, 6) is 0.397. The summed E-state index contributed by atoms with van der Waals surface area (Å²) < 4.78 is 39.7. The van der Waals surface area contributed by atoms with Gasteiger partial charge >= 0.3 is 6.18 Å². The van der Waals surface area contributed by atoms with Crippen molar-refractivity contribution in [1.29, 1.82) is 0 Å². The SMILES string of the molecule is CCCc1ccnc(N(c2cccc(C(F)(F)F)c2)N2CCNC[C@H]2C)n1. The van der Waals surface area contributed by atoms with Crippen molar-refractivity contribution < 1.29 is 13.2 Å². The largest absolute Gasteiger partial charge is 0.416 e. The zero-order valence-electron chi connectivity index (χ0n) is 15.5. The molecule has 0 spiro atoms. The molecule has 1 saturated heterocycles. The van der Waals surface area contributed by atoms with E-state index in [1.54, 1.807) is 17.3 Å². The molecule has 146 valence electrons. The smallest absolute Gasteiger partial charge is 0.314 e. The van der Waals surface area contributed by atoms with E-state index in [2.05, 4.69) is 22.2 Å². The van der Waals surface area contributed by atoms with Crippen LogP contribution >= 0.6 is 0 Å². The van der Waals surface area contributed by atoms with Crippen LogP contribution in [0.25, 0.3) is 0 Å². The molecule has 1 aliphatic rings. The van der Waals surface area contributed by atoms with Crippen LogP contribution in [0.2, 0.25) is 0 Å². The molecule has 1 aromatic heterocycles. The second-order valence-electron chi connectivity index (χ2n) is 6.67. The highest BCUT2D eigenvalue weighted by molar-refractivity contribution is 5.57. The first-order valence-electron chi connectivity index (χ1n) is 9.16. The van der Waals surface area contributed by atoms with Crippen LogP contribution in [-0.4, -0.2) is 40.7 Å². The Labute approximate surface area is 157 Å². The second-order valence-corrected chi connectivity index (χ2v) is 6.67. The molecule has 1 aliphatic heterocycles. The molecule has 0 saturated carbocycles. The number of anilines is 2. The summed E-state index contributed by atoms with van der Waals surface area (Å²) in [6.45, 7) is 6.23. The number of piperazine rings is 1. The number of aryl methyl sites for hydroxylation is 1. The number of hydrogen-bond donors (Lipinski definition) is 1. The number of alkyl halides is 3. The Balaban J connectivity index is 2.06. The average Bonchev–Trinajstić information content (AvgIpc) is 2.64. The Morgan fingerprint density at radius 2 is 2.11 bits per heavy atom. The van der Waals surface area contributed by atoms with Crippen LogP contribution in [-0.2, 0) is 12.6 Å². The van der Waals surface area contributed by atoms with Crippen molar-refractivity contribution in [2.75, 3.05) is 24.6 Å². The van der Waals surface area contributed by atoms with E-state index in [4.69, 9.17) is 0 Å². The summed E-state index contributed by atoms with van der Waals surface area (Å²) >= 11 is 0. The quantitative estimate of drug-likeness (QED) is 0.856. The number of nitrogens with zero attached hydrogens (tertiary/aromatic N) is 4. The fourth-order valence-corrected chi connectivity index (χ4v) is 3.20. The highest BCUT2D eigenvalue weighted by Gasteiger charge is 2.33. The van der Waals surface area contributed by atoms with Crippen molar-refractivity contribution in [1.82, 2.24) is 20.3 Å². The molecule has 0 bridgehead atoms. The van der Waals surface area contributed by atoms with Crippen LogP contribution in [0, 0.1) is 0 Å². The molecular weight excluding hydrogens is 355 g/mol. The topological polar surface area (TPSA) is 44.3 Å². The molecular formula is C19H24F3N5. The molecule has 1 N–H and O–H groups in total. The Hall–Kier alpha value is -2.19. The van der Waals surface area contributed by atoms with Gasteiger partial charge < -0.3 is 5.32 Å². The average molecular weight is 379 g/mol. The molecule has 0 unspecified atom stereocenters. The predicted octanol–water partition coefficient (Wildman–Crippen LogP) is 3.79. The maximum Gasteiger partial charge on any atom is 0.416 e. The zero-order chi connectivity index (χ0) is 19.4. The lowest BCUT2D eigenvalue weighted by atomic mass is 10.2. The standard InChI is InChI=1S/C19H24F3N5/c1-3-5-16-8-9-24-18(25-16)27(26-11-10-23-13-14(26)2)17-7-4-6-15(12-17)19(20,21)22/h4,6-9,12,14,23H,3,5,10-11,13H2,1-2H3/t14-/m1/s1. The minimum absolute atomic E-state index is 0.0896. The lowest BCUT2D eigenvalue weighted by molar-refractivity contribution is -0.137. The second kappa shape index (κ2) is 8.22. The summed E-state index contributed by atoms with van der Waals surface area (Å²) in [5.41, 5.74) is 0.604. The zero-order valence-corrected chi connectivity index (χ0v) is 15.5. The third-order valence-electron chi connectivity index (χ3n) is 4.54. The Bertz CT molecular complexity index is 765. The van der Waals surface area contributed by atoms with E-state index in [0.29, 0.717) is 18.2 Å². The van der Waals surface area contributed by atoms with Gasteiger partial charge in [0.25, 0.3) is 0 Å². The van der Waals surface area contributed by atoms with Gasteiger partial charge in [-0.1, -0.05) is 19.4 Å². The molecule has 0 radical (unpaired) electrons. The fourth-order valence-electron chi connectivity index (χ4n) is 3.20. The molecule has 2 aromatic rings. The monoisotopic (exact) mass is 379 g/mol. The maximum absolute atomic E-state index is 13.2. The molecule has 8 heteroatoms. The van der Waals surface area contributed by atoms with E-state index in [1.165, 1.54) is 6.07 Å². The van der Waals surface area contributed by atoms with Gasteiger partial charge in [-0.05, 0) is 37.6 Å². The fraction of sp³-hybridized carbons (Fsp3) is 0.474. The Kier molecular flexibility index (Phi) is 5.96. The van der Waals surface area contributed by atoms with Crippen LogP contribution in [0.4, 0.5) is 24.8 Å². The summed E-state index contributed by atoms with van der Waals surface area (Å²) in [4.78, 5) is 8.98. The van der Waals surface area contributed by atoms with Crippen molar-refractivity contribution in [2.24, 2.45) is 0 Å². The van der Waals surface area contributed by atoms with E-state index in [0.717, 1.165) is 43.8 Å². The van der Waals surface area contributed by atoms with Gasteiger partial charge in [0, 0.05) is 37.6 Å². The third kappa shape index (κ3) is 4.56. The minimum Gasteiger partial charge on any atom is -0.314 e. The molecule has 0 amide bonds. The number of aromatic nitrogens is 2. The van der Waals surface area contributed by atoms with Crippen molar-refractivity contribution in [2.45, 2.75) is 38.9 Å². The van der Waals surface area contributed by atoms with Gasteiger partial charge in [-0.3, -0.25) is 0 Å². The molecule has 3 rings (SSSR count). The van der Waals surface area contributed by atoms with E-state index < -0.39 is 11.7 Å². The van der Waals surface area contributed by atoms with Gasteiger partial charge in [-0.25, -0.2) is 20.0 Å². The highest BCUT2D eigenvalue weighted by atomic mass is 19.4. The summed E-state index contributed by atoms with van der Waals surface area (Å²) in [6.07, 6.45) is -1.00. The third-order valence-corrected chi connectivity index (χ3v) is 4.54. The lowest BCUT2D eigenvalue weighted by Crippen LogP contribution is -2.56. The van der Waals surface area contributed by atoms with E-state index in [-0.39, 0.29) is 6.04 Å². The Morgan fingerprint density at radius 1 is 1.30 bits per heavy atom. The van der Waals surface area contributed by atoms with Crippen LogP contribution in [0.15, 0.2) is 36.5 Å². The minimum atomic E-state index is -4.40. The molecule has 27 heavy (non-hydrogen) atoms. The molecule has 1 aromatic carbocycles. The van der Waals surface area contributed by atoms with E-state index in [9.17, 15) is 13.2 Å². The highest BCUT2D eigenvalue weighted by Crippen LogP contribution is 2.34. The predicted molar refractivity (Wildman–Crippen MR) is 98.6 cm³/mol. The van der Waals surface area contributed by atoms with Gasteiger partial charge in [0.15, 0.2) is 0 Å². The molecule has 0 aliphatic carbocycles. The van der Waals surface area contributed by atoms with Gasteiger partial charge in [-0.2, -0.15) is 13.2 Å². The van der Waals surface area contributed by atoms with Crippen molar-refractivity contribution in [3.63, 3.8) is 0 Å². The molecule has 1 atom stereocenters. The lowest BCUT2D eigenvalue weighted by Gasteiger charge is -2.42. The molecule has 1 fully saturated rings. The summed E-state index contributed by atoms with van der Waals surface area (Å²) in [5, 5.41) is 7.05. The van der Waals surface area contributed by atoms with Crippen LogP contribution in [0.5, 0.6) is 0 Å². The van der Waals surface area contributed by atoms with Gasteiger partial charge in [-0.15, -0.1) is 0 Å². The number of nitrogens with one attached hydrogen (secondary N) is 1. The molecule has 2 heterocycles. The number of benzene rings is 1. The summed E-state index contributed by atoms with van der Waals surface area (Å²) in [7, 11) is 0. The Morgan fingerprint density at radius 3 is 2.81 bits per heavy atom. The summed E-state index contributed by atoms with van der Waals surface area (Å²) in [6, 6.07) is 7.26. The van der Waals surface area contributed by atoms with Crippen LogP contribution in [0.1, 0.15) is 31.5 Å². The number of rotatable bonds is 5. The normalized spacial score (nSPS) is 18.5. The van der Waals surface area contributed by atoms with Crippen molar-refractivity contribution in [3.8, 4) is 0 Å². The maximum atomic E-state index is 13.2. The van der Waals surface area contributed by atoms with Crippen LogP contribution < -0.4 is 10.3 Å². The van der Waals surface area contributed by atoms with Gasteiger partial charge in [0.1, 0.15) is 0 Å². The van der Waals surface area contributed by atoms with Gasteiger partial charge in [0.2, 0.25) is 5.95 Å². The van der Waals surface area contributed by atoms with Crippen LogP contribution in [0.3, 0.4) is 0 Å². The first-order chi connectivity index (χ1) is 12.9. The number of halogens is 3. The van der Waals surface area contributed by atoms with Crippen molar-refractivity contribution >= 4 is 11.6 Å². The van der Waals surface area contributed by atoms with E-state index in [1.807, 2.05) is 18.0 Å². The van der Waals surface area contributed by atoms with Crippen molar-refractivity contribution in [3.05, 3.63) is 47.8 Å². The molecule has 5 nitrogen and oxygen atoms in total. The number of hydrogen-bond acceptors (Lipinski definition) is 5. The number of hydrazine groups is 1. The van der Waals surface area contributed by atoms with Gasteiger partial charge in [0.05, 0.1) is 11.3 Å². The first kappa shape index (κ1) is 19.6. The van der Waals surface area contributed by atoms with E-state index >= 15 is 0 Å². The first-order valence-corrected chi connectivity index (χ1v) is 9.16.